The molecule has 1 aromatic heterocycles. The van der Waals surface area contributed by atoms with Crippen LogP contribution in [0.1, 0.15) is 41.6 Å². The Morgan fingerprint density at radius 3 is 2.69 bits per heavy atom. The number of rotatable bonds is 6. The number of aliphatic hydroxyl groups excluding tert-OH is 1. The molecular formula is C25H30N4O2S. The lowest BCUT2D eigenvalue weighted by atomic mass is 10.0. The summed E-state index contributed by atoms with van der Waals surface area (Å²) in [4.78, 5) is 22.3. The van der Waals surface area contributed by atoms with Crippen LogP contribution in [-0.2, 0) is 6.54 Å². The number of amides is 1. The van der Waals surface area contributed by atoms with E-state index >= 15 is 0 Å². The third kappa shape index (κ3) is 4.65. The molecule has 168 valence electrons. The zero-order chi connectivity index (χ0) is 21.9. The highest BCUT2D eigenvalue weighted by atomic mass is 32.1. The van der Waals surface area contributed by atoms with E-state index in [0.717, 1.165) is 67.2 Å². The van der Waals surface area contributed by atoms with E-state index in [2.05, 4.69) is 39.4 Å². The summed E-state index contributed by atoms with van der Waals surface area (Å²) in [5.74, 6) is -0.00207. The lowest BCUT2D eigenvalue weighted by molar-refractivity contribution is 0.0909. The molecule has 2 saturated heterocycles. The monoisotopic (exact) mass is 450 g/mol. The predicted molar refractivity (Wildman–Crippen MR) is 129 cm³/mol. The van der Waals surface area contributed by atoms with Crippen molar-refractivity contribution in [2.75, 3.05) is 31.1 Å². The van der Waals surface area contributed by atoms with Crippen LogP contribution in [0.5, 0.6) is 0 Å². The molecule has 32 heavy (non-hydrogen) atoms. The van der Waals surface area contributed by atoms with E-state index in [1.165, 1.54) is 5.56 Å². The van der Waals surface area contributed by atoms with Crippen LogP contribution in [0.2, 0.25) is 0 Å². The SMILES string of the molecule is O=C(NC1CCN(Cc2ccccc2)CC1)c1ccc2nc(N3CCCC3CO)sc2c1. The number of hydrogen-bond donors (Lipinski definition) is 2. The Morgan fingerprint density at radius 1 is 1.09 bits per heavy atom. The highest BCUT2D eigenvalue weighted by Gasteiger charge is 2.27. The second kappa shape index (κ2) is 9.57. The van der Waals surface area contributed by atoms with Gasteiger partial charge in [0.2, 0.25) is 0 Å². The Morgan fingerprint density at radius 2 is 1.91 bits per heavy atom. The maximum Gasteiger partial charge on any atom is 0.251 e. The number of piperidine rings is 1. The van der Waals surface area contributed by atoms with Gasteiger partial charge in [0.1, 0.15) is 0 Å². The number of likely N-dealkylation sites (tertiary alicyclic amines) is 1. The third-order valence-electron chi connectivity index (χ3n) is 6.64. The number of carbonyl (C=O) groups excluding carboxylic acids is 1. The molecule has 2 aromatic carbocycles. The first kappa shape index (κ1) is 21.4. The van der Waals surface area contributed by atoms with Crippen molar-refractivity contribution < 1.29 is 9.90 Å². The summed E-state index contributed by atoms with van der Waals surface area (Å²) in [5.41, 5.74) is 2.95. The smallest absolute Gasteiger partial charge is 0.251 e. The van der Waals surface area contributed by atoms with E-state index in [4.69, 9.17) is 4.98 Å². The molecule has 1 amide bonds. The number of nitrogens with zero attached hydrogens (tertiary/aromatic N) is 3. The minimum Gasteiger partial charge on any atom is -0.394 e. The van der Waals surface area contributed by atoms with Gasteiger partial charge in [-0.3, -0.25) is 9.69 Å². The van der Waals surface area contributed by atoms with Gasteiger partial charge >= 0.3 is 0 Å². The molecule has 1 unspecified atom stereocenters. The topological polar surface area (TPSA) is 68.7 Å². The van der Waals surface area contributed by atoms with Gasteiger partial charge in [-0.15, -0.1) is 0 Å². The van der Waals surface area contributed by atoms with Crippen LogP contribution in [0, 0.1) is 0 Å². The minimum atomic E-state index is -0.00207. The van der Waals surface area contributed by atoms with Crippen LogP contribution in [0.25, 0.3) is 10.2 Å². The quantitative estimate of drug-likeness (QED) is 0.600. The molecule has 7 heteroatoms. The van der Waals surface area contributed by atoms with Crippen molar-refractivity contribution in [2.45, 2.75) is 44.3 Å². The average Bonchev–Trinajstić information content (AvgIpc) is 3.47. The molecular weight excluding hydrogens is 420 g/mol. The number of nitrogens with one attached hydrogen (secondary N) is 1. The number of thiazole rings is 1. The maximum absolute atomic E-state index is 12.9. The molecule has 0 aliphatic carbocycles. The number of anilines is 1. The fourth-order valence-electron chi connectivity index (χ4n) is 4.80. The summed E-state index contributed by atoms with van der Waals surface area (Å²) in [6, 6.07) is 16.7. The highest BCUT2D eigenvalue weighted by Crippen LogP contribution is 2.33. The number of benzene rings is 2. The summed E-state index contributed by atoms with van der Waals surface area (Å²) in [6.45, 7) is 4.06. The van der Waals surface area contributed by atoms with Gasteiger partial charge in [-0.25, -0.2) is 4.98 Å². The summed E-state index contributed by atoms with van der Waals surface area (Å²) in [6.07, 6.45) is 4.04. The van der Waals surface area contributed by atoms with Gasteiger partial charge in [0.05, 0.1) is 22.9 Å². The summed E-state index contributed by atoms with van der Waals surface area (Å²) in [5, 5.41) is 13.8. The van der Waals surface area contributed by atoms with Crippen LogP contribution in [0.3, 0.4) is 0 Å². The second-order valence-electron chi connectivity index (χ2n) is 8.86. The van der Waals surface area contributed by atoms with Gasteiger partial charge in [-0.05, 0) is 49.4 Å². The standard InChI is InChI=1S/C25H30N4O2S/c30-17-21-7-4-12-29(21)25-27-22-9-8-19(15-23(22)32-25)24(31)26-20-10-13-28(14-11-20)16-18-5-2-1-3-6-18/h1-3,5-6,8-9,15,20-21,30H,4,7,10-14,16-17H2,(H,26,31). The molecule has 3 heterocycles. The van der Waals surface area contributed by atoms with Crippen molar-refractivity contribution in [2.24, 2.45) is 0 Å². The zero-order valence-corrected chi connectivity index (χ0v) is 19.1. The van der Waals surface area contributed by atoms with Gasteiger partial charge in [-0.2, -0.15) is 0 Å². The number of hydrogen-bond acceptors (Lipinski definition) is 6. The van der Waals surface area contributed by atoms with Crippen molar-refractivity contribution in [3.63, 3.8) is 0 Å². The first-order valence-corrected chi connectivity index (χ1v) is 12.4. The summed E-state index contributed by atoms with van der Waals surface area (Å²) in [7, 11) is 0. The van der Waals surface area contributed by atoms with Gasteiger partial charge < -0.3 is 15.3 Å². The molecule has 0 radical (unpaired) electrons. The molecule has 2 aliphatic heterocycles. The normalized spacial score (nSPS) is 20.2. The minimum absolute atomic E-state index is 0.00207. The number of aliphatic hydroxyl groups is 1. The summed E-state index contributed by atoms with van der Waals surface area (Å²) >= 11 is 1.61. The summed E-state index contributed by atoms with van der Waals surface area (Å²) < 4.78 is 1.02. The zero-order valence-electron chi connectivity index (χ0n) is 18.2. The first-order valence-electron chi connectivity index (χ1n) is 11.5. The van der Waals surface area contributed by atoms with Gasteiger partial charge in [-0.1, -0.05) is 41.7 Å². The molecule has 2 N–H and O–H groups in total. The van der Waals surface area contributed by atoms with Gasteiger partial charge in [0.25, 0.3) is 5.91 Å². The molecule has 0 saturated carbocycles. The van der Waals surface area contributed by atoms with E-state index in [1.807, 2.05) is 24.3 Å². The van der Waals surface area contributed by atoms with Crippen molar-refractivity contribution >= 4 is 32.6 Å². The lowest BCUT2D eigenvalue weighted by Gasteiger charge is -2.32. The molecule has 5 rings (SSSR count). The van der Waals surface area contributed by atoms with Crippen molar-refractivity contribution in [1.82, 2.24) is 15.2 Å². The molecule has 1 atom stereocenters. The number of fused-ring (bicyclic) bond motifs is 1. The molecule has 3 aromatic rings. The van der Waals surface area contributed by atoms with E-state index in [-0.39, 0.29) is 24.6 Å². The number of carbonyl (C=O) groups is 1. The van der Waals surface area contributed by atoms with Crippen molar-refractivity contribution in [3.8, 4) is 0 Å². The Kier molecular flexibility index (Phi) is 6.39. The average molecular weight is 451 g/mol. The first-order chi connectivity index (χ1) is 15.7. The highest BCUT2D eigenvalue weighted by molar-refractivity contribution is 7.22. The Labute approximate surface area is 192 Å². The second-order valence-corrected chi connectivity index (χ2v) is 9.87. The van der Waals surface area contributed by atoms with Gasteiger partial charge in [0, 0.05) is 37.8 Å². The lowest BCUT2D eigenvalue weighted by Crippen LogP contribution is -2.44. The Hall–Kier alpha value is -2.48. The van der Waals surface area contributed by atoms with E-state index < -0.39 is 0 Å². The van der Waals surface area contributed by atoms with Crippen LogP contribution >= 0.6 is 11.3 Å². The van der Waals surface area contributed by atoms with Crippen LogP contribution in [-0.4, -0.2) is 59.2 Å². The van der Waals surface area contributed by atoms with E-state index in [0.29, 0.717) is 5.56 Å². The number of aromatic nitrogens is 1. The fraction of sp³-hybridized carbons (Fsp3) is 0.440. The van der Waals surface area contributed by atoms with Gasteiger partial charge in [0.15, 0.2) is 5.13 Å². The maximum atomic E-state index is 12.9. The third-order valence-corrected chi connectivity index (χ3v) is 7.70. The molecule has 0 spiro atoms. The Balaban J connectivity index is 1.19. The van der Waals surface area contributed by atoms with Crippen LogP contribution in [0.15, 0.2) is 48.5 Å². The molecule has 0 bridgehead atoms. The van der Waals surface area contributed by atoms with Crippen LogP contribution in [0.4, 0.5) is 5.13 Å². The Bertz CT molecular complexity index is 1060. The van der Waals surface area contributed by atoms with E-state index in [1.54, 1.807) is 11.3 Å². The molecule has 2 aliphatic rings. The van der Waals surface area contributed by atoms with E-state index in [9.17, 15) is 9.90 Å². The fourth-order valence-corrected chi connectivity index (χ4v) is 5.90. The van der Waals surface area contributed by atoms with Crippen molar-refractivity contribution in [1.29, 1.82) is 0 Å². The van der Waals surface area contributed by atoms with Crippen LogP contribution < -0.4 is 10.2 Å². The molecule has 2 fully saturated rings. The van der Waals surface area contributed by atoms with Crippen molar-refractivity contribution in [3.05, 3.63) is 59.7 Å². The predicted octanol–water partition coefficient (Wildman–Crippen LogP) is 3.65. The molecule has 6 nitrogen and oxygen atoms in total. The largest absolute Gasteiger partial charge is 0.394 e.